The zero-order chi connectivity index (χ0) is 55.2. The minimum Gasteiger partial charge on any atom is -0.404 e. The average molecular weight is 1080 g/mol. The van der Waals surface area contributed by atoms with Gasteiger partial charge in [0.15, 0.2) is 82.5 Å². The summed E-state index contributed by atoms with van der Waals surface area (Å²) < 4.78 is 302. The lowest BCUT2D eigenvalue weighted by Gasteiger charge is -2.44. The molecule has 0 aliphatic heterocycles. The molecule has 0 N–H and O–H groups in total. The van der Waals surface area contributed by atoms with Gasteiger partial charge in [-0.2, -0.15) is 4.57 Å². The molecule has 0 bridgehead atoms. The molecule has 0 spiro atoms. The molecule has 7 aromatic rings. The molecule has 0 fully saturated rings. The Labute approximate surface area is 413 Å². The molecule has 0 saturated carbocycles. The third-order valence-electron chi connectivity index (χ3n) is 12.2. The van der Waals surface area contributed by atoms with Crippen LogP contribution in [-0.2, 0) is 13.0 Å². The fourth-order valence-electron chi connectivity index (χ4n) is 8.55. The SMILES string of the molecule is CCCCCCCCCCc1ccc(Oc2cncc[n+]2Cc2ccccc2)cc1.Fc1c(F)c(F)c([B-](c2c(F)c(F)c(F)c(F)c2F)(c2c(F)c(F)c(F)c(F)c2F)c2c(F)c(F)c(F)c(F)c2F)c(F)c1F. The molecule has 398 valence electrons. The van der Waals surface area contributed by atoms with E-state index >= 15 is 35.1 Å². The van der Waals surface area contributed by atoms with Crippen molar-refractivity contribution in [1.82, 2.24) is 4.98 Å². The summed E-state index contributed by atoms with van der Waals surface area (Å²) in [5.41, 5.74) is -11.7. The van der Waals surface area contributed by atoms with Crippen molar-refractivity contribution in [1.29, 1.82) is 0 Å². The number of nitrogens with zero attached hydrogens (tertiary/aromatic N) is 2. The lowest BCUT2D eigenvalue weighted by molar-refractivity contribution is -0.692. The van der Waals surface area contributed by atoms with Gasteiger partial charge in [-0.1, -0.05) is 94.3 Å². The highest BCUT2D eigenvalue weighted by Gasteiger charge is 2.52. The van der Waals surface area contributed by atoms with E-state index in [1.54, 1.807) is 12.4 Å². The summed E-state index contributed by atoms with van der Waals surface area (Å²) in [7, 11) is 0. The smallest absolute Gasteiger partial charge is 0.392 e. The molecule has 0 saturated heterocycles. The molecule has 0 aliphatic carbocycles. The number of benzene rings is 6. The monoisotopic (exact) mass is 1080 g/mol. The van der Waals surface area contributed by atoms with E-state index < -0.39 is 144 Å². The normalized spacial score (nSPS) is 11.5. The van der Waals surface area contributed by atoms with Crippen molar-refractivity contribution in [2.45, 2.75) is 71.3 Å². The summed E-state index contributed by atoms with van der Waals surface area (Å²) in [6.07, 6.45) is 10.3. The van der Waals surface area contributed by atoms with Crippen molar-refractivity contribution in [2.75, 3.05) is 0 Å². The van der Waals surface area contributed by atoms with Gasteiger partial charge in [-0.05, 0) is 30.5 Å². The summed E-state index contributed by atoms with van der Waals surface area (Å²) >= 11 is 0. The van der Waals surface area contributed by atoms with Gasteiger partial charge < -0.3 is 4.74 Å². The van der Waals surface area contributed by atoms with Crippen LogP contribution in [0.15, 0.2) is 73.2 Å². The molecular formula is C51H35BF20N2O. The van der Waals surface area contributed by atoms with Gasteiger partial charge in [0.1, 0.15) is 64.6 Å². The fourth-order valence-corrected chi connectivity index (χ4v) is 8.55. The first-order valence-electron chi connectivity index (χ1n) is 22.4. The van der Waals surface area contributed by atoms with Gasteiger partial charge in [-0.15, -0.1) is 21.9 Å². The standard InChI is InChI=1S/C27H35N2O.C24BF20/c1-2-3-4-5-6-7-8-10-13-24-16-18-26(19-17-24)30-27-22-28-20-21-29(27)23-25-14-11-9-12-15-25;26-5-1(6(27)14(35)21(42)13(5)34)25(2-7(28)15(36)22(43)16(37)8(2)29,3-9(30)17(38)23(44)18(39)10(3)31)4-11(32)19(40)24(45)20(41)12(4)33/h9,11-12,14-22H,2-8,10,13,23H2,1H3;/q+1;-1. The van der Waals surface area contributed by atoms with Gasteiger partial charge in [0.25, 0.3) is 0 Å². The number of ether oxygens (including phenoxy) is 1. The highest BCUT2D eigenvalue weighted by molar-refractivity contribution is 7.20. The van der Waals surface area contributed by atoms with E-state index in [1.807, 2.05) is 12.3 Å². The number of unbranched alkanes of at least 4 members (excludes halogenated alkanes) is 7. The molecule has 6 aromatic carbocycles. The quantitative estimate of drug-likeness (QED) is 0.0227. The molecular weight excluding hydrogens is 1050 g/mol. The van der Waals surface area contributed by atoms with E-state index in [2.05, 4.69) is 65.0 Å². The Balaban J connectivity index is 0.000000264. The second-order valence-corrected chi connectivity index (χ2v) is 16.8. The molecule has 24 heteroatoms. The van der Waals surface area contributed by atoms with Gasteiger partial charge in [0, 0.05) is 5.56 Å². The van der Waals surface area contributed by atoms with Crippen LogP contribution in [0.5, 0.6) is 11.6 Å². The summed E-state index contributed by atoms with van der Waals surface area (Å²) in [6.45, 7) is 3.03. The minimum atomic E-state index is -7.22. The fraction of sp³-hybridized carbons (Fsp3) is 0.216. The van der Waals surface area contributed by atoms with Crippen molar-refractivity contribution in [2.24, 2.45) is 0 Å². The maximum absolute atomic E-state index is 15.4. The van der Waals surface area contributed by atoms with E-state index in [9.17, 15) is 52.7 Å². The highest BCUT2D eigenvalue weighted by Crippen LogP contribution is 2.31. The number of aromatic nitrogens is 2. The van der Waals surface area contributed by atoms with Crippen molar-refractivity contribution in [3.63, 3.8) is 0 Å². The van der Waals surface area contributed by atoms with Gasteiger partial charge in [0.2, 0.25) is 0 Å². The molecule has 1 aromatic heterocycles. The topological polar surface area (TPSA) is 26.0 Å². The van der Waals surface area contributed by atoms with Crippen LogP contribution in [0.2, 0.25) is 0 Å². The second-order valence-electron chi connectivity index (χ2n) is 16.8. The van der Waals surface area contributed by atoms with Crippen LogP contribution >= 0.6 is 0 Å². The van der Waals surface area contributed by atoms with E-state index in [0.29, 0.717) is 0 Å². The zero-order valence-electron chi connectivity index (χ0n) is 38.4. The molecule has 0 atom stereocenters. The first kappa shape index (κ1) is 57.1. The average Bonchev–Trinajstić information content (AvgIpc) is 3.40. The second kappa shape index (κ2) is 24.0. The van der Waals surface area contributed by atoms with Crippen molar-refractivity contribution >= 4 is 28.0 Å². The maximum Gasteiger partial charge on any atom is 0.392 e. The van der Waals surface area contributed by atoms with Crippen molar-refractivity contribution in [3.05, 3.63) is 201 Å². The molecule has 3 nitrogen and oxygen atoms in total. The van der Waals surface area contributed by atoms with E-state index in [1.165, 1.54) is 62.5 Å². The molecule has 0 amide bonds. The Morgan fingerprint density at radius 1 is 0.387 bits per heavy atom. The number of hydrogen-bond acceptors (Lipinski definition) is 2. The van der Waals surface area contributed by atoms with E-state index in [4.69, 9.17) is 4.74 Å². The van der Waals surface area contributed by atoms with Gasteiger partial charge in [-0.3, -0.25) is 0 Å². The van der Waals surface area contributed by atoms with Crippen molar-refractivity contribution < 1.29 is 97.1 Å². The van der Waals surface area contributed by atoms with Crippen LogP contribution in [-0.4, -0.2) is 11.1 Å². The van der Waals surface area contributed by atoms with Crippen LogP contribution in [0.4, 0.5) is 87.8 Å². The Kier molecular flexibility index (Phi) is 18.3. The number of rotatable bonds is 17. The van der Waals surface area contributed by atoms with Crippen LogP contribution in [0.3, 0.4) is 0 Å². The van der Waals surface area contributed by atoms with Crippen LogP contribution in [0.1, 0.15) is 69.4 Å². The van der Waals surface area contributed by atoms with E-state index in [0.717, 1.165) is 24.6 Å². The minimum absolute atomic E-state index is 0.747. The predicted octanol–water partition coefficient (Wildman–Crippen LogP) is 12.7. The first-order chi connectivity index (χ1) is 35.5. The van der Waals surface area contributed by atoms with Gasteiger partial charge in [-0.25, -0.2) is 92.8 Å². The Bertz CT molecular complexity index is 2830. The van der Waals surface area contributed by atoms with E-state index in [-0.39, 0.29) is 0 Å². The summed E-state index contributed by atoms with van der Waals surface area (Å²) in [4.78, 5) is 4.24. The number of halogens is 20. The Morgan fingerprint density at radius 2 is 0.720 bits per heavy atom. The predicted molar refractivity (Wildman–Crippen MR) is 232 cm³/mol. The van der Waals surface area contributed by atoms with Crippen LogP contribution in [0, 0.1) is 116 Å². The third-order valence-corrected chi connectivity index (χ3v) is 12.2. The van der Waals surface area contributed by atoms with Gasteiger partial charge in [0.05, 0.1) is 6.20 Å². The first-order valence-corrected chi connectivity index (χ1v) is 22.4. The molecule has 75 heavy (non-hydrogen) atoms. The maximum atomic E-state index is 15.4. The van der Waals surface area contributed by atoms with Gasteiger partial charge >= 0.3 is 5.88 Å². The Morgan fingerprint density at radius 3 is 1.08 bits per heavy atom. The molecule has 7 rings (SSSR count). The summed E-state index contributed by atoms with van der Waals surface area (Å²) in [5, 5.41) is 0. The third kappa shape index (κ3) is 11.0. The van der Waals surface area contributed by atoms with Crippen molar-refractivity contribution in [3.8, 4) is 11.6 Å². The molecule has 1 heterocycles. The summed E-state index contributed by atoms with van der Waals surface area (Å²) in [6, 6.07) is 18.9. The summed E-state index contributed by atoms with van der Waals surface area (Å²) in [5.74, 6) is -69.8. The lowest BCUT2D eigenvalue weighted by Crippen LogP contribution is -2.81. The van der Waals surface area contributed by atoms with Crippen LogP contribution in [0.25, 0.3) is 0 Å². The zero-order valence-corrected chi connectivity index (χ0v) is 38.4. The Hall–Kier alpha value is -7.14. The lowest BCUT2D eigenvalue weighted by atomic mass is 9.12. The molecule has 0 radical (unpaired) electrons. The number of hydrogen-bond donors (Lipinski definition) is 0. The molecule has 0 aliphatic rings. The number of aryl methyl sites for hydroxylation is 1. The molecule has 0 unspecified atom stereocenters. The highest BCUT2D eigenvalue weighted by atomic mass is 19.2. The van der Waals surface area contributed by atoms with Crippen LogP contribution < -0.4 is 31.2 Å². The largest absolute Gasteiger partial charge is 0.404 e.